The summed E-state index contributed by atoms with van der Waals surface area (Å²) in [7, 11) is 0. The van der Waals surface area contributed by atoms with Crippen LogP contribution in [0.5, 0.6) is 0 Å². The number of alkyl carbamates (subject to hydrolysis) is 1. The van der Waals surface area contributed by atoms with Gasteiger partial charge >= 0.3 is 11.8 Å². The van der Waals surface area contributed by atoms with Gasteiger partial charge in [-0.25, -0.2) is 9.59 Å². The molecule has 0 bridgehead atoms. The molecule has 22 heavy (non-hydrogen) atoms. The summed E-state index contributed by atoms with van der Waals surface area (Å²) in [6.07, 6.45) is 1.07. The van der Waals surface area contributed by atoms with Gasteiger partial charge in [0.1, 0.15) is 5.60 Å². The highest BCUT2D eigenvalue weighted by Crippen LogP contribution is 2.05. The highest BCUT2D eigenvalue weighted by Gasteiger charge is 2.15. The highest BCUT2D eigenvalue weighted by atomic mass is 16.6. The second-order valence-corrected chi connectivity index (χ2v) is 5.94. The number of carbonyl (C=O) groups is 1. The molecule has 1 amide bonds. The molecule has 0 atom stereocenters. The van der Waals surface area contributed by atoms with Gasteiger partial charge in [-0.15, -0.1) is 0 Å². The number of rotatable bonds is 6. The van der Waals surface area contributed by atoms with Crippen LogP contribution in [0.4, 0.5) is 4.79 Å². The topological polar surface area (TPSA) is 105 Å². The largest absolute Gasteiger partial charge is 0.444 e. The molecule has 1 rings (SSSR count). The minimum Gasteiger partial charge on any atom is -0.444 e. The number of amides is 1. The van der Waals surface area contributed by atoms with E-state index in [0.717, 1.165) is 0 Å². The number of H-pyrrole nitrogens is 1. The Balaban J connectivity index is 2.24. The first-order valence-electron chi connectivity index (χ1n) is 7.17. The van der Waals surface area contributed by atoms with Gasteiger partial charge in [0.2, 0.25) is 0 Å². The predicted octanol–water partition coefficient (Wildman–Crippen LogP) is -0.0407. The van der Waals surface area contributed by atoms with Crippen molar-refractivity contribution in [1.29, 1.82) is 0 Å². The lowest BCUT2D eigenvalue weighted by Crippen LogP contribution is -2.38. The van der Waals surface area contributed by atoms with E-state index in [9.17, 15) is 14.4 Å². The summed E-state index contributed by atoms with van der Waals surface area (Å²) >= 11 is 0. The van der Waals surface area contributed by atoms with Gasteiger partial charge in [0.25, 0.3) is 5.56 Å². The van der Waals surface area contributed by atoms with Crippen molar-refractivity contribution in [3.63, 3.8) is 0 Å². The number of carbonyl (C=O) groups excluding carboxylic acids is 1. The third-order valence-corrected chi connectivity index (χ3v) is 2.69. The first-order chi connectivity index (χ1) is 10.2. The number of ether oxygens (including phenoxy) is 1. The van der Waals surface area contributed by atoms with Crippen LogP contribution in [0.1, 0.15) is 26.3 Å². The maximum atomic E-state index is 11.5. The van der Waals surface area contributed by atoms with Crippen LogP contribution in [-0.2, 0) is 11.3 Å². The molecule has 0 aliphatic carbocycles. The van der Waals surface area contributed by atoms with Gasteiger partial charge in [-0.1, -0.05) is 0 Å². The van der Waals surface area contributed by atoms with Crippen molar-refractivity contribution in [3.8, 4) is 0 Å². The number of aromatic nitrogens is 2. The van der Waals surface area contributed by atoms with Crippen LogP contribution in [0.2, 0.25) is 0 Å². The minimum atomic E-state index is -0.513. The SMILES string of the molecule is Cc1cn(CCNCCNC(=O)OC(C)(C)C)c(=O)[nH]c1=O. The first-order valence-corrected chi connectivity index (χ1v) is 7.17. The lowest BCUT2D eigenvalue weighted by Gasteiger charge is -2.19. The molecule has 1 aromatic rings. The fourth-order valence-corrected chi connectivity index (χ4v) is 1.68. The molecule has 8 heteroatoms. The Hall–Kier alpha value is -2.09. The van der Waals surface area contributed by atoms with Crippen molar-refractivity contribution in [2.75, 3.05) is 19.6 Å². The number of aryl methyl sites for hydroxylation is 1. The molecule has 0 aromatic carbocycles. The fourth-order valence-electron chi connectivity index (χ4n) is 1.68. The zero-order valence-corrected chi connectivity index (χ0v) is 13.5. The summed E-state index contributed by atoms with van der Waals surface area (Å²) in [4.78, 5) is 36.4. The molecular formula is C14H24N4O4. The van der Waals surface area contributed by atoms with E-state index >= 15 is 0 Å². The smallest absolute Gasteiger partial charge is 0.407 e. The van der Waals surface area contributed by atoms with Gasteiger partial charge in [0, 0.05) is 37.9 Å². The zero-order chi connectivity index (χ0) is 16.8. The van der Waals surface area contributed by atoms with Gasteiger partial charge in [-0.2, -0.15) is 0 Å². The normalized spacial score (nSPS) is 11.3. The van der Waals surface area contributed by atoms with Crippen LogP contribution in [0.3, 0.4) is 0 Å². The zero-order valence-electron chi connectivity index (χ0n) is 13.5. The first kappa shape index (κ1) is 18.0. The van der Waals surface area contributed by atoms with Crippen molar-refractivity contribution >= 4 is 6.09 Å². The van der Waals surface area contributed by atoms with Crippen molar-refractivity contribution in [2.24, 2.45) is 0 Å². The fraction of sp³-hybridized carbons (Fsp3) is 0.643. The van der Waals surface area contributed by atoms with Crippen LogP contribution in [0, 0.1) is 6.92 Å². The van der Waals surface area contributed by atoms with E-state index < -0.39 is 17.4 Å². The minimum absolute atomic E-state index is 0.365. The van der Waals surface area contributed by atoms with Gasteiger partial charge in [0.15, 0.2) is 0 Å². The Morgan fingerprint density at radius 2 is 1.95 bits per heavy atom. The molecule has 8 nitrogen and oxygen atoms in total. The molecule has 0 spiro atoms. The van der Waals surface area contributed by atoms with E-state index in [4.69, 9.17) is 4.74 Å². The third kappa shape index (κ3) is 6.57. The van der Waals surface area contributed by atoms with Crippen LogP contribution in [-0.4, -0.2) is 40.9 Å². The van der Waals surface area contributed by atoms with Crippen LogP contribution in [0.25, 0.3) is 0 Å². The quantitative estimate of drug-likeness (QED) is 0.639. The Morgan fingerprint density at radius 1 is 1.27 bits per heavy atom. The lowest BCUT2D eigenvalue weighted by atomic mass is 10.2. The molecule has 1 aromatic heterocycles. The Labute approximate surface area is 128 Å². The molecule has 0 fully saturated rings. The van der Waals surface area contributed by atoms with Gasteiger partial charge < -0.3 is 15.4 Å². The summed E-state index contributed by atoms with van der Waals surface area (Å²) in [5.41, 5.74) is -0.813. The molecule has 0 radical (unpaired) electrons. The number of aromatic amines is 1. The molecule has 0 saturated carbocycles. The molecule has 3 N–H and O–H groups in total. The molecule has 0 aliphatic rings. The average molecular weight is 312 g/mol. The average Bonchev–Trinajstić information content (AvgIpc) is 2.37. The van der Waals surface area contributed by atoms with E-state index in [-0.39, 0.29) is 5.56 Å². The highest BCUT2D eigenvalue weighted by molar-refractivity contribution is 5.67. The van der Waals surface area contributed by atoms with E-state index in [2.05, 4.69) is 15.6 Å². The lowest BCUT2D eigenvalue weighted by molar-refractivity contribution is 0.0528. The molecule has 0 saturated heterocycles. The summed E-state index contributed by atoms with van der Waals surface area (Å²) in [6, 6.07) is 0. The van der Waals surface area contributed by atoms with Crippen molar-refractivity contribution in [1.82, 2.24) is 20.2 Å². The number of hydrogen-bond donors (Lipinski definition) is 3. The van der Waals surface area contributed by atoms with Crippen molar-refractivity contribution in [2.45, 2.75) is 39.8 Å². The van der Waals surface area contributed by atoms with Gasteiger partial charge in [-0.05, 0) is 27.7 Å². The Kier molecular flexibility index (Phi) is 6.36. The van der Waals surface area contributed by atoms with E-state index in [0.29, 0.717) is 31.7 Å². The van der Waals surface area contributed by atoms with Crippen LogP contribution >= 0.6 is 0 Å². The van der Waals surface area contributed by atoms with E-state index in [1.54, 1.807) is 27.7 Å². The Morgan fingerprint density at radius 3 is 2.59 bits per heavy atom. The maximum Gasteiger partial charge on any atom is 0.407 e. The monoisotopic (exact) mass is 312 g/mol. The number of hydrogen-bond acceptors (Lipinski definition) is 5. The second kappa shape index (κ2) is 7.79. The summed E-state index contributed by atoms with van der Waals surface area (Å²) < 4.78 is 6.53. The van der Waals surface area contributed by atoms with Gasteiger partial charge in [0.05, 0.1) is 0 Å². The maximum absolute atomic E-state index is 11.5. The Bertz CT molecular complexity index is 612. The summed E-state index contributed by atoms with van der Waals surface area (Å²) in [6.45, 7) is 9.00. The number of nitrogens with one attached hydrogen (secondary N) is 3. The third-order valence-electron chi connectivity index (χ3n) is 2.69. The molecule has 124 valence electrons. The summed E-state index contributed by atoms with van der Waals surface area (Å²) in [5.74, 6) is 0. The molecule has 0 unspecified atom stereocenters. The summed E-state index contributed by atoms with van der Waals surface area (Å²) in [5, 5.41) is 5.72. The van der Waals surface area contributed by atoms with Crippen LogP contribution in [0.15, 0.2) is 15.8 Å². The second-order valence-electron chi connectivity index (χ2n) is 5.94. The van der Waals surface area contributed by atoms with E-state index in [1.165, 1.54) is 10.8 Å². The predicted molar refractivity (Wildman–Crippen MR) is 83.2 cm³/mol. The van der Waals surface area contributed by atoms with Crippen LogP contribution < -0.4 is 21.9 Å². The molecule has 1 heterocycles. The van der Waals surface area contributed by atoms with E-state index in [1.807, 2.05) is 0 Å². The molecule has 0 aliphatic heterocycles. The number of nitrogens with zero attached hydrogens (tertiary/aromatic N) is 1. The molecular weight excluding hydrogens is 288 g/mol. The van der Waals surface area contributed by atoms with Crippen molar-refractivity contribution in [3.05, 3.63) is 32.6 Å². The standard InChI is InChI=1S/C14H24N4O4/c1-10-9-18(12(20)17-11(10)19)8-7-15-5-6-16-13(21)22-14(2,3)4/h9,15H,5-8H2,1-4H3,(H,16,21)(H,17,19,20). The van der Waals surface area contributed by atoms with Crippen molar-refractivity contribution < 1.29 is 9.53 Å². The van der Waals surface area contributed by atoms with Gasteiger partial charge in [-0.3, -0.25) is 14.3 Å².